The van der Waals surface area contributed by atoms with Crippen molar-refractivity contribution in [3.63, 3.8) is 0 Å². The summed E-state index contributed by atoms with van der Waals surface area (Å²) in [5, 5.41) is 3.39. The molecule has 0 aromatic heterocycles. The summed E-state index contributed by atoms with van der Waals surface area (Å²) in [6.07, 6.45) is 2.41. The maximum atomic E-state index is 12.2. The van der Waals surface area contributed by atoms with Crippen molar-refractivity contribution < 1.29 is 13.5 Å². The van der Waals surface area contributed by atoms with E-state index in [1.54, 1.807) is 12.1 Å². The average Bonchev–Trinajstić information content (AvgIpc) is 2.38. The van der Waals surface area contributed by atoms with Gasteiger partial charge in [-0.1, -0.05) is 6.07 Å². The Hall–Kier alpha value is -1.36. The number of alkyl halides is 2. The molecule has 2 rings (SSSR count). The molecule has 2 atom stereocenters. The van der Waals surface area contributed by atoms with Crippen molar-refractivity contribution in [1.29, 1.82) is 0 Å². The first-order chi connectivity index (χ1) is 9.54. The minimum absolute atomic E-state index is 0.193. The van der Waals surface area contributed by atoms with E-state index in [1.807, 2.05) is 6.07 Å². The number of benzene rings is 1. The van der Waals surface area contributed by atoms with Crippen LogP contribution in [0.5, 0.6) is 5.75 Å². The van der Waals surface area contributed by atoms with Crippen LogP contribution in [0.3, 0.4) is 0 Å². The molecule has 0 amide bonds. The summed E-state index contributed by atoms with van der Waals surface area (Å²) >= 11 is 0. The molecule has 0 bridgehead atoms. The van der Waals surface area contributed by atoms with Gasteiger partial charge in [-0.2, -0.15) is 8.78 Å². The second-order valence-electron chi connectivity index (χ2n) is 5.50. The zero-order valence-corrected chi connectivity index (χ0v) is 12.0. The monoisotopic (exact) mass is 284 g/mol. The maximum absolute atomic E-state index is 12.2. The van der Waals surface area contributed by atoms with E-state index < -0.39 is 6.61 Å². The fourth-order valence-corrected chi connectivity index (χ4v) is 2.76. The van der Waals surface area contributed by atoms with Crippen molar-refractivity contribution in [2.24, 2.45) is 5.92 Å². The van der Waals surface area contributed by atoms with Gasteiger partial charge in [0.05, 0.1) is 0 Å². The van der Waals surface area contributed by atoms with Crippen LogP contribution in [0, 0.1) is 5.92 Å². The standard InChI is InChI=1S/C15H22F2N2O/c1-11(12-5-4-8-19(2)10-12)18-13-6-3-7-14(9-13)20-15(16)17/h3,6-7,9,11-12,15,18H,4-5,8,10H2,1-2H3. The molecule has 3 nitrogen and oxygen atoms in total. The van der Waals surface area contributed by atoms with E-state index in [0.717, 1.165) is 18.8 Å². The topological polar surface area (TPSA) is 24.5 Å². The Balaban J connectivity index is 1.94. The quantitative estimate of drug-likeness (QED) is 0.896. The number of anilines is 1. The van der Waals surface area contributed by atoms with E-state index in [2.05, 4.69) is 28.9 Å². The van der Waals surface area contributed by atoms with E-state index in [9.17, 15) is 8.78 Å². The number of halogens is 2. The van der Waals surface area contributed by atoms with E-state index in [1.165, 1.54) is 18.9 Å². The van der Waals surface area contributed by atoms with Crippen LogP contribution in [0.1, 0.15) is 19.8 Å². The molecule has 1 aliphatic heterocycles. The second kappa shape index (κ2) is 6.88. The molecule has 0 spiro atoms. The molecule has 1 N–H and O–H groups in total. The first kappa shape index (κ1) is 15.0. The highest BCUT2D eigenvalue weighted by Gasteiger charge is 2.22. The Labute approximate surface area is 118 Å². The molecule has 0 saturated carbocycles. The molecular formula is C15H22F2N2O. The number of nitrogens with one attached hydrogen (secondary N) is 1. The molecule has 20 heavy (non-hydrogen) atoms. The molecule has 1 heterocycles. The van der Waals surface area contributed by atoms with Gasteiger partial charge in [-0.05, 0) is 51.4 Å². The summed E-state index contributed by atoms with van der Waals surface area (Å²) in [6.45, 7) is 1.59. The minimum Gasteiger partial charge on any atom is -0.435 e. The first-order valence-electron chi connectivity index (χ1n) is 7.04. The summed E-state index contributed by atoms with van der Waals surface area (Å²) in [4.78, 5) is 2.34. The largest absolute Gasteiger partial charge is 0.435 e. The Morgan fingerprint density at radius 2 is 2.20 bits per heavy atom. The lowest BCUT2D eigenvalue weighted by Gasteiger charge is -2.34. The minimum atomic E-state index is -2.78. The molecule has 1 aromatic rings. The Bertz CT molecular complexity index is 428. The van der Waals surface area contributed by atoms with Crippen molar-refractivity contribution in [1.82, 2.24) is 4.90 Å². The van der Waals surface area contributed by atoms with Gasteiger partial charge in [0.25, 0.3) is 0 Å². The highest BCUT2D eigenvalue weighted by Crippen LogP contribution is 2.24. The third-order valence-electron chi connectivity index (χ3n) is 3.82. The number of hydrogen-bond donors (Lipinski definition) is 1. The Kier molecular flexibility index (Phi) is 5.17. The SMILES string of the molecule is CC(Nc1cccc(OC(F)F)c1)C1CCCN(C)C1. The lowest BCUT2D eigenvalue weighted by molar-refractivity contribution is -0.0498. The van der Waals surface area contributed by atoms with Crippen LogP contribution >= 0.6 is 0 Å². The first-order valence-corrected chi connectivity index (χ1v) is 7.04. The third kappa shape index (κ3) is 4.34. The van der Waals surface area contributed by atoms with Crippen LogP contribution < -0.4 is 10.1 Å². The van der Waals surface area contributed by atoms with Gasteiger partial charge >= 0.3 is 6.61 Å². The number of piperidine rings is 1. The predicted octanol–water partition coefficient (Wildman–Crippen LogP) is 3.43. The zero-order chi connectivity index (χ0) is 14.5. The van der Waals surface area contributed by atoms with Gasteiger partial charge < -0.3 is 15.0 Å². The van der Waals surface area contributed by atoms with E-state index in [4.69, 9.17) is 0 Å². The highest BCUT2D eigenvalue weighted by molar-refractivity contribution is 5.48. The molecule has 0 aliphatic carbocycles. The number of rotatable bonds is 5. The molecule has 2 unspecified atom stereocenters. The van der Waals surface area contributed by atoms with Gasteiger partial charge in [0.2, 0.25) is 0 Å². The fourth-order valence-electron chi connectivity index (χ4n) is 2.76. The van der Waals surface area contributed by atoms with Gasteiger partial charge in [0, 0.05) is 24.3 Å². The number of likely N-dealkylation sites (tertiary alicyclic amines) is 1. The summed E-state index contributed by atoms with van der Waals surface area (Å²) in [5.74, 6) is 0.770. The van der Waals surface area contributed by atoms with Crippen LogP contribution in [-0.2, 0) is 0 Å². The number of ether oxygens (including phenoxy) is 1. The summed E-state index contributed by atoms with van der Waals surface area (Å²) in [6, 6.07) is 7.06. The van der Waals surface area contributed by atoms with E-state index in [-0.39, 0.29) is 5.75 Å². The van der Waals surface area contributed by atoms with Crippen molar-refractivity contribution in [3.05, 3.63) is 24.3 Å². The van der Waals surface area contributed by atoms with Crippen molar-refractivity contribution in [2.45, 2.75) is 32.4 Å². The number of nitrogens with zero attached hydrogens (tertiary/aromatic N) is 1. The average molecular weight is 284 g/mol. The molecular weight excluding hydrogens is 262 g/mol. The van der Waals surface area contributed by atoms with Crippen molar-refractivity contribution in [3.8, 4) is 5.75 Å². The molecule has 1 aromatic carbocycles. The Morgan fingerprint density at radius 1 is 1.40 bits per heavy atom. The van der Waals surface area contributed by atoms with Crippen LogP contribution in [0.25, 0.3) is 0 Å². The third-order valence-corrected chi connectivity index (χ3v) is 3.82. The van der Waals surface area contributed by atoms with Crippen molar-refractivity contribution >= 4 is 5.69 Å². The van der Waals surface area contributed by atoms with Gasteiger partial charge in [-0.25, -0.2) is 0 Å². The molecule has 1 saturated heterocycles. The maximum Gasteiger partial charge on any atom is 0.387 e. The lowest BCUT2D eigenvalue weighted by atomic mass is 9.92. The molecule has 1 aliphatic rings. The summed E-state index contributed by atoms with van der Waals surface area (Å²) < 4.78 is 28.8. The van der Waals surface area contributed by atoms with E-state index in [0.29, 0.717) is 12.0 Å². The molecule has 0 radical (unpaired) electrons. The van der Waals surface area contributed by atoms with Crippen LogP contribution in [-0.4, -0.2) is 37.7 Å². The predicted molar refractivity (Wildman–Crippen MR) is 76.4 cm³/mol. The van der Waals surface area contributed by atoms with Crippen molar-refractivity contribution in [2.75, 3.05) is 25.5 Å². The lowest BCUT2D eigenvalue weighted by Crippen LogP contribution is -2.39. The normalized spacial score (nSPS) is 21.8. The Morgan fingerprint density at radius 3 is 2.90 bits per heavy atom. The fraction of sp³-hybridized carbons (Fsp3) is 0.600. The smallest absolute Gasteiger partial charge is 0.387 e. The van der Waals surface area contributed by atoms with Gasteiger partial charge in [0.15, 0.2) is 0 Å². The van der Waals surface area contributed by atoms with Gasteiger partial charge in [0.1, 0.15) is 5.75 Å². The van der Waals surface area contributed by atoms with Crippen LogP contribution in [0.2, 0.25) is 0 Å². The molecule has 1 fully saturated rings. The molecule has 112 valence electrons. The highest BCUT2D eigenvalue weighted by atomic mass is 19.3. The van der Waals surface area contributed by atoms with Crippen LogP contribution in [0.15, 0.2) is 24.3 Å². The zero-order valence-electron chi connectivity index (χ0n) is 12.0. The second-order valence-corrected chi connectivity index (χ2v) is 5.50. The number of hydrogen-bond acceptors (Lipinski definition) is 3. The molecule has 5 heteroatoms. The summed E-state index contributed by atoms with van der Waals surface area (Å²) in [5.41, 5.74) is 0.823. The van der Waals surface area contributed by atoms with Gasteiger partial charge in [-0.15, -0.1) is 0 Å². The van der Waals surface area contributed by atoms with Crippen LogP contribution in [0.4, 0.5) is 14.5 Å². The van der Waals surface area contributed by atoms with E-state index >= 15 is 0 Å². The van der Waals surface area contributed by atoms with Gasteiger partial charge in [-0.3, -0.25) is 0 Å². The summed E-state index contributed by atoms with van der Waals surface area (Å²) in [7, 11) is 2.13.